The minimum absolute atomic E-state index is 0.135. The Morgan fingerprint density at radius 1 is 1.50 bits per heavy atom. The Balaban J connectivity index is 3.26. The van der Waals surface area contributed by atoms with Crippen molar-refractivity contribution in [2.24, 2.45) is 0 Å². The van der Waals surface area contributed by atoms with Gasteiger partial charge in [-0.1, -0.05) is 25.4 Å². The average molecular weight is 245 g/mol. The zero-order valence-corrected chi connectivity index (χ0v) is 10.2. The molecule has 1 aromatic rings. The summed E-state index contributed by atoms with van der Waals surface area (Å²) in [5.74, 6) is -1.34. The van der Waals surface area contributed by atoms with Crippen LogP contribution in [0.4, 0.5) is 4.39 Å². The molecule has 0 aliphatic rings. The summed E-state index contributed by atoms with van der Waals surface area (Å²) in [5.41, 5.74) is 0.00633. The highest BCUT2D eigenvalue weighted by Gasteiger charge is 2.28. The van der Waals surface area contributed by atoms with Gasteiger partial charge in [0.15, 0.2) is 0 Å². The molecule has 1 aromatic carbocycles. The Morgan fingerprint density at radius 2 is 2.06 bits per heavy atom. The summed E-state index contributed by atoms with van der Waals surface area (Å²) >= 11 is 5.85. The fraction of sp³-hybridized carbons (Fsp3) is 0.417. The molecule has 1 rings (SSSR count). The first-order valence-electron chi connectivity index (χ1n) is 4.92. The van der Waals surface area contributed by atoms with Crippen LogP contribution in [0.5, 0.6) is 0 Å². The number of aliphatic carboxylic acids is 1. The molecule has 0 atom stereocenters. The fourth-order valence-electron chi connectivity index (χ4n) is 1.69. The molecule has 0 unspecified atom stereocenters. The predicted molar refractivity (Wildman–Crippen MR) is 61.4 cm³/mol. The number of aryl methyl sites for hydroxylation is 1. The lowest BCUT2D eigenvalue weighted by atomic mass is 9.80. The van der Waals surface area contributed by atoms with E-state index in [4.69, 9.17) is 16.7 Å². The summed E-state index contributed by atoms with van der Waals surface area (Å²) in [5, 5.41) is 9.21. The molecule has 0 saturated carbocycles. The molecule has 0 radical (unpaired) electrons. The molecular formula is C12H14ClFO2. The molecule has 0 heterocycles. The van der Waals surface area contributed by atoms with E-state index in [0.717, 1.165) is 0 Å². The second-order valence-electron chi connectivity index (χ2n) is 4.54. The lowest BCUT2D eigenvalue weighted by Gasteiger charge is -2.24. The van der Waals surface area contributed by atoms with Gasteiger partial charge in [0.25, 0.3) is 0 Å². The number of halogens is 2. The van der Waals surface area contributed by atoms with Gasteiger partial charge in [0.05, 0.1) is 6.42 Å². The van der Waals surface area contributed by atoms with E-state index in [2.05, 4.69) is 0 Å². The van der Waals surface area contributed by atoms with E-state index in [1.807, 2.05) is 0 Å². The van der Waals surface area contributed by atoms with Crippen molar-refractivity contribution in [1.82, 2.24) is 0 Å². The van der Waals surface area contributed by atoms with Gasteiger partial charge in [-0.15, -0.1) is 0 Å². The SMILES string of the molecule is Cc1cc(Cl)cc(C(C)(C)CC(=O)O)c1F. The van der Waals surface area contributed by atoms with Crippen LogP contribution in [0.1, 0.15) is 31.4 Å². The maximum atomic E-state index is 13.9. The number of hydrogen-bond donors (Lipinski definition) is 1. The quantitative estimate of drug-likeness (QED) is 0.883. The zero-order chi connectivity index (χ0) is 12.5. The molecule has 4 heteroatoms. The van der Waals surface area contributed by atoms with Crippen molar-refractivity contribution in [2.75, 3.05) is 0 Å². The van der Waals surface area contributed by atoms with E-state index < -0.39 is 11.4 Å². The number of carboxylic acid groups (broad SMARTS) is 1. The van der Waals surface area contributed by atoms with Gasteiger partial charge >= 0.3 is 5.97 Å². The Kier molecular flexibility index (Phi) is 3.58. The van der Waals surface area contributed by atoms with E-state index in [1.54, 1.807) is 20.8 Å². The highest BCUT2D eigenvalue weighted by atomic mass is 35.5. The summed E-state index contributed by atoms with van der Waals surface area (Å²) in [6.07, 6.45) is -0.135. The number of rotatable bonds is 3. The van der Waals surface area contributed by atoms with Crippen molar-refractivity contribution >= 4 is 17.6 Å². The molecule has 0 bridgehead atoms. The smallest absolute Gasteiger partial charge is 0.304 e. The first-order valence-corrected chi connectivity index (χ1v) is 5.30. The summed E-state index contributed by atoms with van der Waals surface area (Å²) in [6, 6.07) is 3.02. The minimum atomic E-state index is -0.956. The largest absolute Gasteiger partial charge is 0.481 e. The third kappa shape index (κ3) is 2.73. The van der Waals surface area contributed by atoms with Gasteiger partial charge < -0.3 is 5.11 Å². The number of carboxylic acids is 1. The molecule has 0 fully saturated rings. The van der Waals surface area contributed by atoms with E-state index >= 15 is 0 Å². The minimum Gasteiger partial charge on any atom is -0.481 e. The van der Waals surface area contributed by atoms with Crippen LogP contribution < -0.4 is 0 Å². The van der Waals surface area contributed by atoms with Gasteiger partial charge in [-0.2, -0.15) is 0 Å². The van der Waals surface area contributed by atoms with Crippen LogP contribution in [0.3, 0.4) is 0 Å². The van der Waals surface area contributed by atoms with Crippen molar-refractivity contribution in [2.45, 2.75) is 32.6 Å². The van der Waals surface area contributed by atoms with Gasteiger partial charge in [0.1, 0.15) is 5.82 Å². The van der Waals surface area contributed by atoms with Crippen LogP contribution in [0, 0.1) is 12.7 Å². The van der Waals surface area contributed by atoms with Crippen LogP contribution in [-0.4, -0.2) is 11.1 Å². The van der Waals surface area contributed by atoms with Gasteiger partial charge in [-0.05, 0) is 30.2 Å². The van der Waals surface area contributed by atoms with Crippen LogP contribution in [-0.2, 0) is 10.2 Å². The molecule has 16 heavy (non-hydrogen) atoms. The Morgan fingerprint density at radius 3 is 2.56 bits per heavy atom. The second-order valence-corrected chi connectivity index (χ2v) is 4.98. The average Bonchev–Trinajstić information content (AvgIpc) is 2.08. The van der Waals surface area contributed by atoms with Crippen LogP contribution in [0.2, 0.25) is 5.02 Å². The number of carbonyl (C=O) groups is 1. The Bertz CT molecular complexity index is 427. The fourth-order valence-corrected chi connectivity index (χ4v) is 1.96. The number of hydrogen-bond acceptors (Lipinski definition) is 1. The maximum Gasteiger partial charge on any atom is 0.304 e. The molecule has 1 N–H and O–H groups in total. The molecule has 0 spiro atoms. The van der Waals surface area contributed by atoms with E-state index in [-0.39, 0.29) is 12.2 Å². The third-order valence-electron chi connectivity index (χ3n) is 2.54. The molecular weight excluding hydrogens is 231 g/mol. The lowest BCUT2D eigenvalue weighted by Crippen LogP contribution is -2.23. The monoisotopic (exact) mass is 244 g/mol. The van der Waals surface area contributed by atoms with Crippen LogP contribution in [0.25, 0.3) is 0 Å². The van der Waals surface area contributed by atoms with E-state index in [1.165, 1.54) is 12.1 Å². The van der Waals surface area contributed by atoms with Crippen molar-refractivity contribution in [3.8, 4) is 0 Å². The Hall–Kier alpha value is -1.09. The molecule has 0 aromatic heterocycles. The van der Waals surface area contributed by atoms with Gasteiger partial charge in [0, 0.05) is 10.4 Å². The number of benzene rings is 1. The Labute approximate surface area is 99.0 Å². The first-order chi connectivity index (χ1) is 7.24. The summed E-state index contributed by atoms with van der Waals surface area (Å²) in [7, 11) is 0. The zero-order valence-electron chi connectivity index (χ0n) is 9.47. The van der Waals surface area contributed by atoms with Gasteiger partial charge in [0.2, 0.25) is 0 Å². The second kappa shape index (κ2) is 4.42. The molecule has 88 valence electrons. The molecule has 0 aliphatic heterocycles. The summed E-state index contributed by atoms with van der Waals surface area (Å²) in [6.45, 7) is 4.99. The predicted octanol–water partition coefficient (Wildman–Crippen LogP) is 3.54. The molecule has 0 amide bonds. The summed E-state index contributed by atoms with van der Waals surface area (Å²) in [4.78, 5) is 10.7. The lowest BCUT2D eigenvalue weighted by molar-refractivity contribution is -0.138. The van der Waals surface area contributed by atoms with Crippen LogP contribution in [0.15, 0.2) is 12.1 Å². The van der Waals surface area contributed by atoms with Crippen molar-refractivity contribution in [3.63, 3.8) is 0 Å². The van der Waals surface area contributed by atoms with Crippen LogP contribution >= 0.6 is 11.6 Å². The van der Waals surface area contributed by atoms with Crippen molar-refractivity contribution < 1.29 is 14.3 Å². The standard InChI is InChI=1S/C12H14ClFO2/c1-7-4-8(13)5-9(11(7)14)12(2,3)6-10(15)16/h4-5H,6H2,1-3H3,(H,15,16). The highest BCUT2D eigenvalue weighted by molar-refractivity contribution is 6.30. The van der Waals surface area contributed by atoms with E-state index in [0.29, 0.717) is 16.1 Å². The molecule has 0 saturated heterocycles. The third-order valence-corrected chi connectivity index (χ3v) is 2.76. The first kappa shape index (κ1) is 13.0. The van der Waals surface area contributed by atoms with E-state index in [9.17, 15) is 9.18 Å². The highest BCUT2D eigenvalue weighted by Crippen LogP contribution is 2.32. The van der Waals surface area contributed by atoms with Gasteiger partial charge in [-0.3, -0.25) is 4.79 Å². The molecule has 0 aliphatic carbocycles. The van der Waals surface area contributed by atoms with Crippen molar-refractivity contribution in [3.05, 3.63) is 34.1 Å². The normalized spacial score (nSPS) is 11.6. The van der Waals surface area contributed by atoms with Crippen molar-refractivity contribution in [1.29, 1.82) is 0 Å². The molecule has 2 nitrogen and oxygen atoms in total. The topological polar surface area (TPSA) is 37.3 Å². The summed E-state index contributed by atoms with van der Waals surface area (Å²) < 4.78 is 13.9. The maximum absolute atomic E-state index is 13.9. The van der Waals surface area contributed by atoms with Gasteiger partial charge in [-0.25, -0.2) is 4.39 Å².